The molecule has 3 aromatic rings. The van der Waals surface area contributed by atoms with Crippen LogP contribution in [0.3, 0.4) is 0 Å². The predicted octanol–water partition coefficient (Wildman–Crippen LogP) is 4.71. The summed E-state index contributed by atoms with van der Waals surface area (Å²) < 4.78 is 11.9. The average Bonchev–Trinajstić information content (AvgIpc) is 3.38. The van der Waals surface area contributed by atoms with Crippen LogP contribution in [0.4, 0.5) is 0 Å². The number of carboxylic acid groups (broad SMARTS) is 1. The number of ether oxygens (including phenoxy) is 2. The minimum absolute atomic E-state index is 0.131. The summed E-state index contributed by atoms with van der Waals surface area (Å²) in [4.78, 5) is 17.3. The summed E-state index contributed by atoms with van der Waals surface area (Å²) in [6, 6.07) is 11.7. The van der Waals surface area contributed by atoms with Crippen molar-refractivity contribution in [3.63, 3.8) is 0 Å². The number of hydrogen-bond donors (Lipinski definition) is 2. The molecule has 0 radical (unpaired) electrons. The fourth-order valence-corrected chi connectivity index (χ4v) is 5.78. The molecule has 0 bridgehead atoms. The summed E-state index contributed by atoms with van der Waals surface area (Å²) in [6.45, 7) is 6.56. The van der Waals surface area contributed by atoms with Crippen LogP contribution in [-0.4, -0.2) is 47.3 Å². The van der Waals surface area contributed by atoms with Gasteiger partial charge in [-0.2, -0.15) is 0 Å². The highest BCUT2D eigenvalue weighted by atomic mass is 16.5. The van der Waals surface area contributed by atoms with Gasteiger partial charge in [0.2, 0.25) is 0 Å². The summed E-state index contributed by atoms with van der Waals surface area (Å²) in [5.41, 5.74) is 4.87. The van der Waals surface area contributed by atoms with E-state index in [0.29, 0.717) is 18.1 Å². The Hall–Kier alpha value is -2.83. The van der Waals surface area contributed by atoms with Crippen LogP contribution >= 0.6 is 0 Å². The summed E-state index contributed by atoms with van der Waals surface area (Å²) in [7, 11) is 1.73. The Morgan fingerprint density at radius 2 is 2.06 bits per heavy atom. The number of piperidine rings is 1. The first-order valence-corrected chi connectivity index (χ1v) is 11.3. The number of nitrogens with zero attached hydrogens (tertiary/aromatic N) is 1. The van der Waals surface area contributed by atoms with E-state index in [1.807, 2.05) is 18.3 Å². The number of aryl methyl sites for hydroxylation is 1. The third kappa shape index (κ3) is 3.21. The van der Waals surface area contributed by atoms with Gasteiger partial charge in [-0.25, -0.2) is 4.79 Å². The van der Waals surface area contributed by atoms with Crippen molar-refractivity contribution in [1.82, 2.24) is 9.88 Å². The van der Waals surface area contributed by atoms with E-state index >= 15 is 0 Å². The van der Waals surface area contributed by atoms with Gasteiger partial charge in [-0.3, -0.25) is 4.90 Å². The van der Waals surface area contributed by atoms with Crippen LogP contribution in [0.2, 0.25) is 0 Å². The van der Waals surface area contributed by atoms with Crippen LogP contribution in [0.5, 0.6) is 5.75 Å². The SMILES string of the molecule is CCOC1CCN(Cc2c(OC)cc(C)c3[nH]ccc23)C2(c3ccc(C(=O)O)cc3)CC12. The van der Waals surface area contributed by atoms with Crippen LogP contribution in [0.1, 0.15) is 46.8 Å². The molecule has 1 aliphatic heterocycles. The summed E-state index contributed by atoms with van der Waals surface area (Å²) in [5, 5.41) is 10.5. The molecule has 1 saturated carbocycles. The van der Waals surface area contributed by atoms with Crippen molar-refractivity contribution >= 4 is 16.9 Å². The highest BCUT2D eigenvalue weighted by Gasteiger charge is 2.64. The number of nitrogens with one attached hydrogen (secondary N) is 1. The number of carboxylic acids is 1. The average molecular weight is 435 g/mol. The zero-order valence-corrected chi connectivity index (χ0v) is 18.9. The highest BCUT2D eigenvalue weighted by molar-refractivity contribution is 5.88. The lowest BCUT2D eigenvalue weighted by molar-refractivity contribution is -0.0194. The number of hydrogen-bond acceptors (Lipinski definition) is 4. The lowest BCUT2D eigenvalue weighted by atomic mass is 9.91. The molecule has 2 aliphatic rings. The van der Waals surface area contributed by atoms with Crippen molar-refractivity contribution in [3.8, 4) is 5.75 Å². The standard InChI is InChI=1S/C26H30N2O4/c1-4-32-22-10-12-28(15-20-19-9-11-27-24(19)16(2)13-23(20)31-3)26(14-21(22)26)18-7-5-17(6-8-18)25(29)30/h5-9,11,13,21-22,27H,4,10,12,14-15H2,1-3H3,(H,29,30). The van der Waals surface area contributed by atoms with E-state index in [-0.39, 0.29) is 11.6 Å². The largest absolute Gasteiger partial charge is 0.496 e. The fourth-order valence-electron chi connectivity index (χ4n) is 5.78. The summed E-state index contributed by atoms with van der Waals surface area (Å²) in [5.74, 6) is 0.425. The Balaban J connectivity index is 1.55. The van der Waals surface area contributed by atoms with Crippen molar-refractivity contribution in [3.05, 3.63) is 64.8 Å². The molecule has 0 spiro atoms. The predicted molar refractivity (Wildman–Crippen MR) is 123 cm³/mol. The molecule has 1 aromatic heterocycles. The molecule has 2 heterocycles. The maximum absolute atomic E-state index is 11.4. The molecule has 32 heavy (non-hydrogen) atoms. The van der Waals surface area contributed by atoms with Gasteiger partial charge < -0.3 is 19.6 Å². The Morgan fingerprint density at radius 1 is 1.28 bits per heavy atom. The van der Waals surface area contributed by atoms with Gasteiger partial charge in [0.15, 0.2) is 0 Å². The molecule has 2 aromatic carbocycles. The molecule has 6 nitrogen and oxygen atoms in total. The first-order chi connectivity index (χ1) is 15.5. The van der Waals surface area contributed by atoms with Crippen LogP contribution in [0.25, 0.3) is 10.9 Å². The van der Waals surface area contributed by atoms with E-state index < -0.39 is 5.97 Å². The number of aromatic amines is 1. The molecule has 2 fully saturated rings. The molecule has 168 valence electrons. The van der Waals surface area contributed by atoms with Gasteiger partial charge in [-0.1, -0.05) is 12.1 Å². The molecule has 1 saturated heterocycles. The molecule has 6 heteroatoms. The third-order valence-electron chi connectivity index (χ3n) is 7.37. The first kappa shape index (κ1) is 21.0. The fraction of sp³-hybridized carbons (Fsp3) is 0.423. The molecule has 2 N–H and O–H groups in total. The van der Waals surface area contributed by atoms with Crippen molar-refractivity contribution < 1.29 is 19.4 Å². The number of fused-ring (bicyclic) bond motifs is 2. The van der Waals surface area contributed by atoms with Crippen molar-refractivity contribution in [1.29, 1.82) is 0 Å². The van der Waals surface area contributed by atoms with Gasteiger partial charge in [-0.15, -0.1) is 0 Å². The maximum Gasteiger partial charge on any atom is 0.335 e. The smallest absolute Gasteiger partial charge is 0.335 e. The second kappa shape index (κ2) is 7.94. The minimum atomic E-state index is -0.895. The monoisotopic (exact) mass is 434 g/mol. The van der Waals surface area contributed by atoms with Crippen molar-refractivity contribution in [2.45, 2.75) is 44.9 Å². The number of carbonyl (C=O) groups is 1. The van der Waals surface area contributed by atoms with E-state index in [1.54, 1.807) is 19.2 Å². The van der Waals surface area contributed by atoms with Gasteiger partial charge in [0, 0.05) is 48.3 Å². The Labute approximate surface area is 188 Å². The molecular weight excluding hydrogens is 404 g/mol. The quantitative estimate of drug-likeness (QED) is 0.563. The zero-order valence-electron chi connectivity index (χ0n) is 18.9. The molecule has 5 rings (SSSR count). The Bertz CT molecular complexity index is 1150. The van der Waals surface area contributed by atoms with Crippen LogP contribution in [0, 0.1) is 12.8 Å². The Kier molecular flexibility index (Phi) is 5.22. The highest BCUT2D eigenvalue weighted by Crippen LogP contribution is 2.62. The number of rotatable bonds is 7. The van der Waals surface area contributed by atoms with Gasteiger partial charge in [0.1, 0.15) is 5.75 Å². The van der Waals surface area contributed by atoms with E-state index in [1.165, 1.54) is 22.1 Å². The molecule has 3 unspecified atom stereocenters. The number of benzene rings is 2. The lowest BCUT2D eigenvalue weighted by Gasteiger charge is -2.40. The second-order valence-electron chi connectivity index (χ2n) is 8.96. The molecule has 0 amide bonds. The van der Waals surface area contributed by atoms with Crippen molar-refractivity contribution in [2.75, 3.05) is 20.3 Å². The van der Waals surface area contributed by atoms with Crippen LogP contribution in [-0.2, 0) is 16.8 Å². The minimum Gasteiger partial charge on any atom is -0.496 e. The van der Waals surface area contributed by atoms with E-state index in [0.717, 1.165) is 37.2 Å². The van der Waals surface area contributed by atoms with Gasteiger partial charge in [0.05, 0.1) is 24.3 Å². The van der Waals surface area contributed by atoms with Crippen LogP contribution in [0.15, 0.2) is 42.6 Å². The molecular formula is C26H30N2O4. The van der Waals surface area contributed by atoms with E-state index in [2.05, 4.69) is 35.9 Å². The summed E-state index contributed by atoms with van der Waals surface area (Å²) in [6.07, 6.45) is 4.25. The topological polar surface area (TPSA) is 74.8 Å². The van der Waals surface area contributed by atoms with Gasteiger partial charge >= 0.3 is 5.97 Å². The van der Waals surface area contributed by atoms with Gasteiger partial charge in [0.25, 0.3) is 0 Å². The first-order valence-electron chi connectivity index (χ1n) is 11.3. The van der Waals surface area contributed by atoms with Gasteiger partial charge in [-0.05, 0) is 62.1 Å². The number of aromatic nitrogens is 1. The number of methoxy groups -OCH3 is 1. The van der Waals surface area contributed by atoms with E-state index in [9.17, 15) is 9.90 Å². The van der Waals surface area contributed by atoms with Crippen LogP contribution < -0.4 is 4.74 Å². The molecule has 3 atom stereocenters. The third-order valence-corrected chi connectivity index (χ3v) is 7.37. The maximum atomic E-state index is 11.4. The number of H-pyrrole nitrogens is 1. The number of aromatic carboxylic acids is 1. The zero-order chi connectivity index (χ0) is 22.5. The lowest BCUT2D eigenvalue weighted by Crippen LogP contribution is -2.45. The second-order valence-corrected chi connectivity index (χ2v) is 8.96. The summed E-state index contributed by atoms with van der Waals surface area (Å²) >= 11 is 0. The van der Waals surface area contributed by atoms with Crippen molar-refractivity contribution in [2.24, 2.45) is 5.92 Å². The van der Waals surface area contributed by atoms with E-state index in [4.69, 9.17) is 9.47 Å². The Morgan fingerprint density at radius 3 is 2.75 bits per heavy atom. The normalized spacial score (nSPS) is 25.0. The number of likely N-dealkylation sites (tertiary alicyclic amines) is 1. The molecule has 1 aliphatic carbocycles.